The molecule has 2 aromatic heterocycles. The molecule has 1 aliphatic heterocycles. The van der Waals surface area contributed by atoms with Gasteiger partial charge in [0.25, 0.3) is 0 Å². The minimum Gasteiger partial charge on any atom is -0.360 e. The summed E-state index contributed by atoms with van der Waals surface area (Å²) in [6.45, 7) is 2.33. The fourth-order valence-corrected chi connectivity index (χ4v) is 4.39. The van der Waals surface area contributed by atoms with Crippen LogP contribution in [0.3, 0.4) is 0 Å². The molecule has 0 atom stereocenters. The largest absolute Gasteiger partial charge is 0.360 e. The predicted octanol–water partition coefficient (Wildman–Crippen LogP) is 1.77. The minimum absolute atomic E-state index is 0.211. The van der Waals surface area contributed by atoms with Crippen molar-refractivity contribution in [2.24, 2.45) is 0 Å². The Morgan fingerprint density at radius 2 is 2.12 bits per heavy atom. The Kier molecular flexibility index (Phi) is 4.39. The van der Waals surface area contributed by atoms with Crippen LogP contribution in [0.1, 0.15) is 30.0 Å². The van der Waals surface area contributed by atoms with Gasteiger partial charge in [-0.25, -0.2) is 12.7 Å². The van der Waals surface area contributed by atoms with Gasteiger partial charge in [-0.05, 0) is 31.9 Å². The zero-order valence-corrected chi connectivity index (χ0v) is 14.2. The second-order valence-corrected chi connectivity index (χ2v) is 7.97. The smallest absolute Gasteiger partial charge is 0.221 e. The van der Waals surface area contributed by atoms with Crippen molar-refractivity contribution in [2.45, 2.75) is 30.9 Å². The molecule has 3 heterocycles. The molecule has 0 spiro atoms. The number of pyridine rings is 1. The first kappa shape index (κ1) is 16.6. The lowest BCUT2D eigenvalue weighted by Crippen LogP contribution is -2.45. The molecular formula is C16H18N4O3S. The van der Waals surface area contributed by atoms with E-state index in [1.165, 1.54) is 4.31 Å². The SMILES string of the molecule is Cc1cc(CS(=O)(=O)N2CCC(C#N)(c3ccccn3)CC2)on1. The summed E-state index contributed by atoms with van der Waals surface area (Å²) in [5.41, 5.74) is 0.628. The van der Waals surface area contributed by atoms with Crippen LogP contribution in [0.2, 0.25) is 0 Å². The fraction of sp³-hybridized carbons (Fsp3) is 0.438. The monoisotopic (exact) mass is 346 g/mol. The molecule has 24 heavy (non-hydrogen) atoms. The molecule has 0 aromatic carbocycles. The number of aromatic nitrogens is 2. The average Bonchev–Trinajstić information content (AvgIpc) is 3.00. The van der Waals surface area contributed by atoms with Crippen molar-refractivity contribution in [3.63, 3.8) is 0 Å². The number of nitrogens with zero attached hydrogens (tertiary/aromatic N) is 4. The van der Waals surface area contributed by atoms with Crippen molar-refractivity contribution in [1.82, 2.24) is 14.4 Å². The zero-order valence-electron chi connectivity index (χ0n) is 13.3. The lowest BCUT2D eigenvalue weighted by molar-refractivity contribution is 0.272. The summed E-state index contributed by atoms with van der Waals surface area (Å²) in [5, 5.41) is 13.4. The summed E-state index contributed by atoms with van der Waals surface area (Å²) in [6, 6.07) is 9.43. The Morgan fingerprint density at radius 1 is 1.38 bits per heavy atom. The molecule has 8 heteroatoms. The lowest BCUT2D eigenvalue weighted by Gasteiger charge is -2.36. The van der Waals surface area contributed by atoms with E-state index in [2.05, 4.69) is 16.2 Å². The van der Waals surface area contributed by atoms with Gasteiger partial charge in [-0.3, -0.25) is 4.98 Å². The van der Waals surface area contributed by atoms with Gasteiger partial charge in [-0.15, -0.1) is 0 Å². The van der Waals surface area contributed by atoms with Crippen LogP contribution in [-0.4, -0.2) is 36.0 Å². The molecule has 1 aliphatic rings. The Morgan fingerprint density at radius 3 is 2.67 bits per heavy atom. The molecule has 0 aliphatic carbocycles. The van der Waals surface area contributed by atoms with E-state index in [4.69, 9.17) is 4.52 Å². The van der Waals surface area contributed by atoms with Gasteiger partial charge in [0.2, 0.25) is 10.0 Å². The topological polar surface area (TPSA) is 100 Å². The van der Waals surface area contributed by atoms with Crippen LogP contribution < -0.4 is 0 Å². The molecule has 0 N–H and O–H groups in total. The first-order valence-corrected chi connectivity index (χ1v) is 9.29. The summed E-state index contributed by atoms with van der Waals surface area (Å²) in [5.74, 6) is 0.117. The van der Waals surface area contributed by atoms with E-state index < -0.39 is 15.4 Å². The Balaban J connectivity index is 1.73. The molecular weight excluding hydrogens is 328 g/mol. The molecule has 0 unspecified atom stereocenters. The van der Waals surface area contributed by atoms with Gasteiger partial charge in [0.15, 0.2) is 5.76 Å². The highest BCUT2D eigenvalue weighted by Gasteiger charge is 2.40. The summed E-state index contributed by atoms with van der Waals surface area (Å²) >= 11 is 0. The second-order valence-electron chi connectivity index (χ2n) is 6.00. The molecule has 0 radical (unpaired) electrons. The van der Waals surface area contributed by atoms with Crippen molar-refractivity contribution in [2.75, 3.05) is 13.1 Å². The highest BCUT2D eigenvalue weighted by Crippen LogP contribution is 2.34. The van der Waals surface area contributed by atoms with Crippen molar-refractivity contribution in [1.29, 1.82) is 5.26 Å². The number of nitriles is 1. The van der Waals surface area contributed by atoms with E-state index in [0.717, 1.165) is 0 Å². The maximum atomic E-state index is 12.5. The van der Waals surface area contributed by atoms with E-state index in [-0.39, 0.29) is 5.75 Å². The first-order chi connectivity index (χ1) is 11.5. The lowest BCUT2D eigenvalue weighted by atomic mass is 9.77. The van der Waals surface area contributed by atoms with Crippen molar-refractivity contribution in [3.8, 4) is 6.07 Å². The highest BCUT2D eigenvalue weighted by atomic mass is 32.2. The van der Waals surface area contributed by atoms with E-state index in [1.807, 2.05) is 12.1 Å². The molecule has 0 saturated carbocycles. The van der Waals surface area contributed by atoms with Gasteiger partial charge in [0.1, 0.15) is 11.2 Å². The summed E-state index contributed by atoms with van der Waals surface area (Å²) < 4.78 is 31.5. The molecule has 126 valence electrons. The second kappa shape index (κ2) is 6.34. The van der Waals surface area contributed by atoms with Crippen molar-refractivity contribution < 1.29 is 12.9 Å². The molecule has 7 nitrogen and oxygen atoms in total. The van der Waals surface area contributed by atoms with E-state index >= 15 is 0 Å². The number of hydrogen-bond donors (Lipinski definition) is 0. The van der Waals surface area contributed by atoms with Gasteiger partial charge in [0, 0.05) is 25.4 Å². The molecule has 2 aromatic rings. The van der Waals surface area contributed by atoms with E-state index in [1.54, 1.807) is 25.3 Å². The van der Waals surface area contributed by atoms with Crippen LogP contribution in [0, 0.1) is 18.3 Å². The number of sulfonamides is 1. The molecule has 1 saturated heterocycles. The van der Waals surface area contributed by atoms with Crippen LogP contribution in [0.25, 0.3) is 0 Å². The maximum Gasteiger partial charge on any atom is 0.221 e. The first-order valence-electron chi connectivity index (χ1n) is 7.68. The third-order valence-electron chi connectivity index (χ3n) is 4.34. The average molecular weight is 346 g/mol. The Bertz CT molecular complexity index is 847. The molecule has 0 amide bonds. The zero-order chi connectivity index (χ0) is 17.2. The van der Waals surface area contributed by atoms with E-state index in [0.29, 0.717) is 43.1 Å². The van der Waals surface area contributed by atoms with E-state index in [9.17, 15) is 13.7 Å². The summed E-state index contributed by atoms with van der Waals surface area (Å²) in [7, 11) is -3.49. The third kappa shape index (κ3) is 3.18. The van der Waals surface area contributed by atoms with Crippen molar-refractivity contribution >= 4 is 10.0 Å². The van der Waals surface area contributed by atoms with Gasteiger partial charge < -0.3 is 4.52 Å². The molecule has 1 fully saturated rings. The standard InChI is InChI=1S/C16H18N4O3S/c1-13-10-14(23-19-13)11-24(21,22)20-8-5-16(12-17,6-9-20)15-4-2-3-7-18-15/h2-4,7,10H,5-6,8-9,11H2,1H3. The van der Waals surface area contributed by atoms with Gasteiger partial charge in [-0.1, -0.05) is 11.2 Å². The fourth-order valence-electron chi connectivity index (χ4n) is 2.97. The maximum absolute atomic E-state index is 12.5. The number of aryl methyl sites for hydroxylation is 1. The van der Waals surface area contributed by atoms with Gasteiger partial charge in [0.05, 0.1) is 17.5 Å². The highest BCUT2D eigenvalue weighted by molar-refractivity contribution is 7.88. The minimum atomic E-state index is -3.49. The van der Waals surface area contributed by atoms with Crippen LogP contribution in [0.15, 0.2) is 35.0 Å². The van der Waals surface area contributed by atoms with Gasteiger partial charge >= 0.3 is 0 Å². The quantitative estimate of drug-likeness (QED) is 0.836. The normalized spacial score (nSPS) is 18.2. The third-order valence-corrected chi connectivity index (χ3v) is 6.14. The summed E-state index contributed by atoms with van der Waals surface area (Å²) in [4.78, 5) is 4.29. The Hall–Kier alpha value is -2.24. The van der Waals surface area contributed by atoms with Crippen LogP contribution >= 0.6 is 0 Å². The van der Waals surface area contributed by atoms with Crippen molar-refractivity contribution in [3.05, 3.63) is 47.6 Å². The number of hydrogen-bond acceptors (Lipinski definition) is 6. The number of piperidine rings is 1. The van der Waals surface area contributed by atoms with Crippen LogP contribution in [-0.2, 0) is 21.2 Å². The molecule has 3 rings (SSSR count). The molecule has 0 bridgehead atoms. The van der Waals surface area contributed by atoms with Crippen LogP contribution in [0.4, 0.5) is 0 Å². The summed E-state index contributed by atoms with van der Waals surface area (Å²) in [6.07, 6.45) is 2.51. The predicted molar refractivity (Wildman–Crippen MR) is 86.2 cm³/mol. The number of rotatable bonds is 4. The Labute approximate surface area is 141 Å². The van der Waals surface area contributed by atoms with Crippen LogP contribution in [0.5, 0.6) is 0 Å². The van der Waals surface area contributed by atoms with Gasteiger partial charge in [-0.2, -0.15) is 5.26 Å².